The summed E-state index contributed by atoms with van der Waals surface area (Å²) in [7, 11) is 0. The van der Waals surface area contributed by atoms with Crippen LogP contribution in [0.2, 0.25) is 0 Å². The normalized spacial score (nSPS) is 11.6. The summed E-state index contributed by atoms with van der Waals surface area (Å²) in [5, 5.41) is 0. The third kappa shape index (κ3) is 3.32. The molecule has 0 aromatic heterocycles. The van der Waals surface area contributed by atoms with Gasteiger partial charge in [0.25, 0.3) is 0 Å². The molecular formula is C16H14FNO. The van der Waals surface area contributed by atoms with Crippen molar-refractivity contribution in [3.63, 3.8) is 0 Å². The predicted molar refractivity (Wildman–Crippen MR) is 72.2 cm³/mol. The Labute approximate surface area is 112 Å². The fourth-order valence-corrected chi connectivity index (χ4v) is 1.70. The van der Waals surface area contributed by atoms with E-state index in [1.807, 2.05) is 30.3 Å². The molecule has 0 saturated heterocycles. The van der Waals surface area contributed by atoms with E-state index in [0.717, 1.165) is 5.56 Å². The van der Waals surface area contributed by atoms with Crippen LogP contribution in [0.4, 0.5) is 4.39 Å². The Kier molecular flexibility index (Phi) is 4.15. The van der Waals surface area contributed by atoms with Crippen molar-refractivity contribution in [2.24, 2.45) is 0 Å². The molecule has 0 amide bonds. The van der Waals surface area contributed by atoms with E-state index in [-0.39, 0.29) is 11.8 Å². The average molecular weight is 255 g/mol. The van der Waals surface area contributed by atoms with Crippen LogP contribution in [-0.4, -0.2) is 0 Å². The SMILES string of the molecule is [C-]#[N+]C(C)c1ccc(OCc2ccccc2)c(F)c1. The van der Waals surface area contributed by atoms with Crippen molar-refractivity contribution >= 4 is 0 Å². The van der Waals surface area contributed by atoms with Crippen molar-refractivity contribution in [1.82, 2.24) is 0 Å². The van der Waals surface area contributed by atoms with E-state index in [4.69, 9.17) is 11.3 Å². The molecule has 0 aliphatic carbocycles. The quantitative estimate of drug-likeness (QED) is 0.739. The van der Waals surface area contributed by atoms with Crippen molar-refractivity contribution < 1.29 is 9.13 Å². The molecule has 19 heavy (non-hydrogen) atoms. The molecule has 2 nitrogen and oxygen atoms in total. The lowest BCUT2D eigenvalue weighted by atomic mass is 10.1. The predicted octanol–water partition coefficient (Wildman–Crippen LogP) is 4.38. The summed E-state index contributed by atoms with van der Waals surface area (Å²) in [5.41, 5.74) is 1.65. The smallest absolute Gasteiger partial charge is 0.246 e. The molecule has 96 valence electrons. The molecule has 0 saturated carbocycles. The van der Waals surface area contributed by atoms with Crippen LogP contribution in [0.15, 0.2) is 48.5 Å². The number of hydrogen-bond acceptors (Lipinski definition) is 1. The van der Waals surface area contributed by atoms with Crippen LogP contribution >= 0.6 is 0 Å². The number of ether oxygens (including phenoxy) is 1. The minimum absolute atomic E-state index is 0.213. The van der Waals surface area contributed by atoms with Crippen molar-refractivity contribution in [3.05, 3.63) is 76.9 Å². The van der Waals surface area contributed by atoms with E-state index in [1.54, 1.807) is 19.1 Å². The van der Waals surface area contributed by atoms with Crippen molar-refractivity contribution in [2.45, 2.75) is 19.6 Å². The maximum absolute atomic E-state index is 13.8. The molecule has 1 unspecified atom stereocenters. The lowest BCUT2D eigenvalue weighted by Crippen LogP contribution is -1.98. The third-order valence-corrected chi connectivity index (χ3v) is 2.87. The number of halogens is 1. The van der Waals surface area contributed by atoms with Gasteiger partial charge in [0.05, 0.1) is 0 Å². The Hall–Kier alpha value is -2.34. The summed E-state index contributed by atoms with van der Waals surface area (Å²) in [5.74, 6) is -0.214. The Morgan fingerprint density at radius 2 is 1.95 bits per heavy atom. The summed E-state index contributed by atoms with van der Waals surface area (Å²) in [6.45, 7) is 9.01. The molecule has 0 heterocycles. The molecule has 0 aliphatic heterocycles. The van der Waals surface area contributed by atoms with Crippen LogP contribution in [0, 0.1) is 12.4 Å². The second-order valence-corrected chi connectivity index (χ2v) is 4.27. The van der Waals surface area contributed by atoms with Crippen LogP contribution in [0.1, 0.15) is 24.1 Å². The average Bonchev–Trinajstić information content (AvgIpc) is 2.46. The maximum Gasteiger partial charge on any atom is 0.246 e. The molecule has 2 rings (SSSR count). The largest absolute Gasteiger partial charge is 0.486 e. The van der Waals surface area contributed by atoms with Gasteiger partial charge >= 0.3 is 0 Å². The number of rotatable bonds is 4. The zero-order valence-corrected chi connectivity index (χ0v) is 10.6. The molecule has 2 aromatic rings. The van der Waals surface area contributed by atoms with Crippen LogP contribution in [-0.2, 0) is 6.61 Å². The minimum Gasteiger partial charge on any atom is -0.486 e. The highest BCUT2D eigenvalue weighted by molar-refractivity contribution is 5.32. The van der Waals surface area contributed by atoms with E-state index in [2.05, 4.69) is 4.85 Å². The third-order valence-electron chi connectivity index (χ3n) is 2.87. The molecule has 0 aliphatic rings. The first-order valence-corrected chi connectivity index (χ1v) is 6.03. The van der Waals surface area contributed by atoms with Gasteiger partial charge < -0.3 is 9.58 Å². The highest BCUT2D eigenvalue weighted by atomic mass is 19.1. The van der Waals surface area contributed by atoms with Gasteiger partial charge in [-0.05, 0) is 23.8 Å². The number of nitrogens with zero attached hydrogens (tertiary/aromatic N) is 1. The van der Waals surface area contributed by atoms with Crippen LogP contribution in [0.5, 0.6) is 5.75 Å². The summed E-state index contributed by atoms with van der Waals surface area (Å²) in [6.07, 6.45) is 0. The van der Waals surface area contributed by atoms with Crippen molar-refractivity contribution in [2.75, 3.05) is 0 Å². The molecule has 0 spiro atoms. The van der Waals surface area contributed by atoms with Crippen LogP contribution in [0.3, 0.4) is 0 Å². The van der Waals surface area contributed by atoms with Crippen molar-refractivity contribution in [1.29, 1.82) is 0 Å². The molecule has 0 N–H and O–H groups in total. The summed E-state index contributed by atoms with van der Waals surface area (Å²) in [4.78, 5) is 3.37. The van der Waals surface area contributed by atoms with Gasteiger partial charge in [-0.25, -0.2) is 11.0 Å². The monoisotopic (exact) mass is 255 g/mol. The van der Waals surface area contributed by atoms with Gasteiger partial charge in [0.2, 0.25) is 6.04 Å². The zero-order chi connectivity index (χ0) is 13.7. The second-order valence-electron chi connectivity index (χ2n) is 4.27. The molecule has 0 radical (unpaired) electrons. The standard InChI is InChI=1S/C16H14FNO/c1-12(18-2)14-8-9-16(15(17)10-14)19-11-13-6-4-3-5-7-13/h3-10,12H,11H2,1H3. The molecule has 1 atom stereocenters. The van der Waals surface area contributed by atoms with E-state index < -0.39 is 5.82 Å². The fourth-order valence-electron chi connectivity index (χ4n) is 1.70. The fraction of sp³-hybridized carbons (Fsp3) is 0.188. The summed E-state index contributed by atoms with van der Waals surface area (Å²) in [6, 6.07) is 13.9. The van der Waals surface area contributed by atoms with E-state index >= 15 is 0 Å². The van der Waals surface area contributed by atoms with E-state index in [9.17, 15) is 4.39 Å². The molecule has 0 fully saturated rings. The van der Waals surface area contributed by atoms with Gasteiger partial charge in [-0.3, -0.25) is 0 Å². The van der Waals surface area contributed by atoms with E-state index in [1.165, 1.54) is 6.07 Å². The highest BCUT2D eigenvalue weighted by Gasteiger charge is 2.12. The Morgan fingerprint density at radius 3 is 2.58 bits per heavy atom. The number of benzene rings is 2. The molecule has 2 aromatic carbocycles. The first-order chi connectivity index (χ1) is 9.20. The first-order valence-electron chi connectivity index (χ1n) is 6.03. The summed E-state index contributed by atoms with van der Waals surface area (Å²) >= 11 is 0. The highest BCUT2D eigenvalue weighted by Crippen LogP contribution is 2.24. The van der Waals surface area contributed by atoms with E-state index in [0.29, 0.717) is 12.2 Å². The zero-order valence-electron chi connectivity index (χ0n) is 10.6. The van der Waals surface area contributed by atoms with Gasteiger partial charge in [0, 0.05) is 12.5 Å². The minimum atomic E-state index is -0.427. The first kappa shape index (κ1) is 13.1. The van der Waals surface area contributed by atoms with Crippen LogP contribution < -0.4 is 4.74 Å². The molecule has 3 heteroatoms. The van der Waals surface area contributed by atoms with Crippen molar-refractivity contribution in [3.8, 4) is 5.75 Å². The Morgan fingerprint density at radius 1 is 1.21 bits per heavy atom. The number of hydrogen-bond donors (Lipinski definition) is 0. The Bertz CT molecular complexity index is 589. The van der Waals surface area contributed by atoms with Gasteiger partial charge in [0.15, 0.2) is 11.6 Å². The lowest BCUT2D eigenvalue weighted by molar-refractivity contribution is 0.290. The Balaban J connectivity index is 2.08. The summed E-state index contributed by atoms with van der Waals surface area (Å²) < 4.78 is 19.3. The molecular weight excluding hydrogens is 241 g/mol. The lowest BCUT2D eigenvalue weighted by Gasteiger charge is -2.08. The van der Waals surface area contributed by atoms with Gasteiger partial charge in [-0.2, -0.15) is 0 Å². The topological polar surface area (TPSA) is 13.6 Å². The van der Waals surface area contributed by atoms with Gasteiger partial charge in [-0.15, -0.1) is 0 Å². The second kappa shape index (κ2) is 6.01. The van der Waals surface area contributed by atoms with Gasteiger partial charge in [0.1, 0.15) is 6.61 Å². The molecule has 0 bridgehead atoms. The maximum atomic E-state index is 13.8. The van der Waals surface area contributed by atoms with Gasteiger partial charge in [-0.1, -0.05) is 30.3 Å². The van der Waals surface area contributed by atoms with Crippen LogP contribution in [0.25, 0.3) is 4.85 Å².